The molecule has 0 saturated heterocycles. The van der Waals surface area contributed by atoms with Gasteiger partial charge in [-0.2, -0.15) is 0 Å². The van der Waals surface area contributed by atoms with Crippen LogP contribution in [0.25, 0.3) is 11.0 Å². The van der Waals surface area contributed by atoms with Gasteiger partial charge in [-0.3, -0.25) is 4.79 Å². The van der Waals surface area contributed by atoms with Crippen LogP contribution in [-0.4, -0.2) is 15.8 Å². The van der Waals surface area contributed by atoms with Crippen molar-refractivity contribution >= 4 is 40.0 Å². The van der Waals surface area contributed by atoms with E-state index in [2.05, 4.69) is 9.97 Å². The largest absolute Gasteiger partial charge is 0.345 e. The number of hydrogen-bond donors (Lipinski definition) is 1. The van der Waals surface area contributed by atoms with Gasteiger partial charge in [0.1, 0.15) is 5.65 Å². The number of benzene rings is 1. The van der Waals surface area contributed by atoms with Crippen molar-refractivity contribution in [1.82, 2.24) is 9.97 Å². The molecule has 0 aliphatic heterocycles. The lowest BCUT2D eigenvalue weighted by atomic mass is 10.0. The lowest BCUT2D eigenvalue weighted by molar-refractivity contribution is 0.104. The number of fused-ring (bicyclic) bond motifs is 1. The fraction of sp³-hybridized carbons (Fsp3) is 0. The summed E-state index contributed by atoms with van der Waals surface area (Å²) in [4.78, 5) is 19.6. The maximum Gasteiger partial charge on any atom is 0.196 e. The highest BCUT2D eigenvalue weighted by molar-refractivity contribution is 6.38. The first kappa shape index (κ1) is 12.2. The summed E-state index contributed by atoms with van der Waals surface area (Å²) in [6.45, 7) is 0. The number of rotatable bonds is 2. The standard InChI is InChI=1S/C14H8Cl2N2O/c15-8-3-4-10(12(16)6-8)13(19)11-7-18-14-9(11)2-1-5-17-14/h1-7H,(H,17,18). The van der Waals surface area contributed by atoms with Gasteiger partial charge in [-0.25, -0.2) is 4.98 Å². The van der Waals surface area contributed by atoms with Crippen molar-refractivity contribution < 1.29 is 4.79 Å². The zero-order valence-electron chi connectivity index (χ0n) is 9.65. The number of ketones is 1. The van der Waals surface area contributed by atoms with Gasteiger partial charge in [0.25, 0.3) is 0 Å². The van der Waals surface area contributed by atoms with E-state index in [1.54, 1.807) is 36.7 Å². The second-order valence-electron chi connectivity index (χ2n) is 4.06. The first-order valence-electron chi connectivity index (χ1n) is 5.58. The second-order valence-corrected chi connectivity index (χ2v) is 4.90. The van der Waals surface area contributed by atoms with Gasteiger partial charge in [-0.1, -0.05) is 23.2 Å². The van der Waals surface area contributed by atoms with Crippen LogP contribution < -0.4 is 0 Å². The molecule has 3 rings (SSSR count). The van der Waals surface area contributed by atoms with E-state index in [-0.39, 0.29) is 5.78 Å². The van der Waals surface area contributed by atoms with Crippen molar-refractivity contribution in [2.75, 3.05) is 0 Å². The van der Waals surface area contributed by atoms with Crippen molar-refractivity contribution in [3.05, 3.63) is 63.9 Å². The minimum atomic E-state index is -0.152. The predicted molar refractivity (Wildman–Crippen MR) is 76.0 cm³/mol. The van der Waals surface area contributed by atoms with Crippen molar-refractivity contribution in [2.24, 2.45) is 0 Å². The lowest BCUT2D eigenvalue weighted by Crippen LogP contribution is -2.01. The molecule has 19 heavy (non-hydrogen) atoms. The van der Waals surface area contributed by atoms with E-state index >= 15 is 0 Å². The van der Waals surface area contributed by atoms with Crippen molar-refractivity contribution in [2.45, 2.75) is 0 Å². The maximum absolute atomic E-state index is 12.5. The van der Waals surface area contributed by atoms with Crippen LogP contribution in [0, 0.1) is 0 Å². The minimum Gasteiger partial charge on any atom is -0.345 e. The Morgan fingerprint density at radius 3 is 2.79 bits per heavy atom. The van der Waals surface area contributed by atoms with Gasteiger partial charge in [-0.05, 0) is 30.3 Å². The topological polar surface area (TPSA) is 45.8 Å². The molecule has 0 fully saturated rings. The Kier molecular flexibility index (Phi) is 3.01. The monoisotopic (exact) mass is 290 g/mol. The second kappa shape index (κ2) is 4.68. The number of carbonyl (C=O) groups is 1. The third-order valence-electron chi connectivity index (χ3n) is 2.87. The van der Waals surface area contributed by atoms with E-state index in [0.29, 0.717) is 26.8 Å². The molecule has 2 aromatic heterocycles. The van der Waals surface area contributed by atoms with Gasteiger partial charge in [0.15, 0.2) is 5.78 Å². The van der Waals surface area contributed by atoms with Crippen LogP contribution in [0.1, 0.15) is 15.9 Å². The number of pyridine rings is 1. The van der Waals surface area contributed by atoms with E-state index < -0.39 is 0 Å². The van der Waals surface area contributed by atoms with Gasteiger partial charge < -0.3 is 4.98 Å². The number of nitrogens with one attached hydrogen (secondary N) is 1. The molecule has 0 aliphatic rings. The summed E-state index contributed by atoms with van der Waals surface area (Å²) in [5.41, 5.74) is 1.65. The van der Waals surface area contributed by atoms with E-state index in [0.717, 1.165) is 5.39 Å². The first-order valence-corrected chi connectivity index (χ1v) is 6.34. The highest BCUT2D eigenvalue weighted by atomic mass is 35.5. The third-order valence-corrected chi connectivity index (χ3v) is 3.42. The Hall–Kier alpha value is -1.84. The molecule has 94 valence electrons. The summed E-state index contributed by atoms with van der Waals surface area (Å²) in [7, 11) is 0. The van der Waals surface area contributed by atoms with Crippen molar-refractivity contribution in [3.8, 4) is 0 Å². The number of carbonyl (C=O) groups excluding carboxylic acids is 1. The van der Waals surface area contributed by atoms with Gasteiger partial charge >= 0.3 is 0 Å². The molecule has 5 heteroatoms. The molecule has 1 N–H and O–H groups in total. The fourth-order valence-corrected chi connectivity index (χ4v) is 2.46. The van der Waals surface area contributed by atoms with E-state index in [1.807, 2.05) is 6.07 Å². The molecular weight excluding hydrogens is 283 g/mol. The van der Waals surface area contributed by atoms with Crippen molar-refractivity contribution in [3.63, 3.8) is 0 Å². The van der Waals surface area contributed by atoms with Crippen LogP contribution in [0.4, 0.5) is 0 Å². The molecule has 0 spiro atoms. The summed E-state index contributed by atoms with van der Waals surface area (Å²) < 4.78 is 0. The van der Waals surface area contributed by atoms with Gasteiger partial charge in [-0.15, -0.1) is 0 Å². The molecule has 0 aliphatic carbocycles. The number of halogens is 2. The molecule has 0 bridgehead atoms. The van der Waals surface area contributed by atoms with E-state index in [4.69, 9.17) is 23.2 Å². The fourth-order valence-electron chi connectivity index (χ4n) is 1.96. The van der Waals surface area contributed by atoms with Crippen molar-refractivity contribution in [1.29, 1.82) is 0 Å². The van der Waals surface area contributed by atoms with Gasteiger partial charge in [0.05, 0.1) is 5.02 Å². The highest BCUT2D eigenvalue weighted by Crippen LogP contribution is 2.26. The molecule has 0 unspecified atom stereocenters. The normalized spacial score (nSPS) is 10.8. The summed E-state index contributed by atoms with van der Waals surface area (Å²) in [6.07, 6.45) is 3.31. The number of H-pyrrole nitrogens is 1. The molecule has 0 saturated carbocycles. The maximum atomic E-state index is 12.5. The molecule has 1 aromatic carbocycles. The first-order chi connectivity index (χ1) is 9.16. The average Bonchev–Trinajstić information content (AvgIpc) is 2.82. The molecule has 0 radical (unpaired) electrons. The number of aromatic amines is 1. The average molecular weight is 291 g/mol. The van der Waals surface area contributed by atoms with Crippen LogP contribution in [0.5, 0.6) is 0 Å². The molecule has 0 amide bonds. The number of hydrogen-bond acceptors (Lipinski definition) is 2. The zero-order valence-corrected chi connectivity index (χ0v) is 11.2. The summed E-state index contributed by atoms with van der Waals surface area (Å²) in [5.74, 6) is -0.152. The van der Waals surface area contributed by atoms with Gasteiger partial charge in [0, 0.05) is 33.9 Å². The Bertz CT molecular complexity index is 780. The molecule has 0 atom stereocenters. The predicted octanol–water partition coefficient (Wildman–Crippen LogP) is 4.10. The quantitative estimate of drug-likeness (QED) is 0.722. The summed E-state index contributed by atoms with van der Waals surface area (Å²) in [6, 6.07) is 8.46. The summed E-state index contributed by atoms with van der Waals surface area (Å²) in [5, 5.41) is 1.62. The number of aromatic nitrogens is 2. The molecule has 2 heterocycles. The minimum absolute atomic E-state index is 0.152. The Morgan fingerprint density at radius 1 is 1.16 bits per heavy atom. The smallest absolute Gasteiger partial charge is 0.196 e. The van der Waals surface area contributed by atoms with Crippen LogP contribution in [0.3, 0.4) is 0 Å². The van der Waals surface area contributed by atoms with Crippen LogP contribution in [0.15, 0.2) is 42.7 Å². The van der Waals surface area contributed by atoms with Crippen LogP contribution in [-0.2, 0) is 0 Å². The Labute approximate surface area is 119 Å². The van der Waals surface area contributed by atoms with E-state index in [9.17, 15) is 4.79 Å². The Balaban J connectivity index is 2.13. The molecule has 3 nitrogen and oxygen atoms in total. The lowest BCUT2D eigenvalue weighted by Gasteiger charge is -2.03. The Morgan fingerprint density at radius 2 is 2.00 bits per heavy atom. The SMILES string of the molecule is O=C(c1ccc(Cl)cc1Cl)c1c[nH]c2ncccc12. The van der Waals surface area contributed by atoms with Crippen LogP contribution >= 0.6 is 23.2 Å². The van der Waals surface area contributed by atoms with Crippen LogP contribution in [0.2, 0.25) is 10.0 Å². The zero-order chi connectivity index (χ0) is 13.4. The molecule has 3 aromatic rings. The third kappa shape index (κ3) is 2.11. The van der Waals surface area contributed by atoms with E-state index in [1.165, 1.54) is 0 Å². The van der Waals surface area contributed by atoms with Gasteiger partial charge in [0.2, 0.25) is 0 Å². The highest BCUT2D eigenvalue weighted by Gasteiger charge is 2.17. The molecular formula is C14H8Cl2N2O. The number of nitrogens with zero attached hydrogens (tertiary/aromatic N) is 1. The summed E-state index contributed by atoms with van der Waals surface area (Å²) >= 11 is 11.9.